The van der Waals surface area contributed by atoms with Gasteiger partial charge in [0.1, 0.15) is 0 Å². The van der Waals surface area contributed by atoms with Crippen LogP contribution in [0.3, 0.4) is 0 Å². The van der Waals surface area contributed by atoms with Crippen LogP contribution >= 0.6 is 0 Å². The summed E-state index contributed by atoms with van der Waals surface area (Å²) < 4.78 is 70.2. The zero-order valence-corrected chi connectivity index (χ0v) is 76.4. The Morgan fingerprint density at radius 1 is 0.225 bits per heavy atom. The number of benzene rings is 10. The third-order valence-corrected chi connectivity index (χ3v) is 24.4. The van der Waals surface area contributed by atoms with Crippen LogP contribution in [0.2, 0.25) is 0 Å². The molecule has 674 valence electrons. The van der Waals surface area contributed by atoms with Gasteiger partial charge in [0, 0.05) is 77.1 Å². The molecule has 10 aromatic carbocycles. The van der Waals surface area contributed by atoms with E-state index in [1.54, 1.807) is 113 Å². The SMILES string of the molecule is COc1cc2c(cc1O)-c1c(C)c3ccc(OC)c(OC)c3c[n+]1CC2.COc1cc2c(cc1O)CC[n+]1cc3c(OC)c(OC)ccc3c(C)c1-2.COc1cc2c(cc1O)CC[n+]1cc3c(OC)c(OC)ccc3cc1-2.COc1ccc2c(C)c3[n+](cc2c1O)CCc1cc(O)c(O)cc1-3.COc1ccc2cc3[n+](cc2c1O)CCc1cc(O)c(O)cc1-3.[CH3-].[CH3-].[CH3-].[CH3-].[CH3-]. The summed E-state index contributed by atoms with van der Waals surface area (Å²) in [5.41, 5.74) is 19.1. The molecule has 20 rings (SSSR count). The quantitative estimate of drug-likeness (QED) is 0.0330. The fourth-order valence-corrected chi connectivity index (χ4v) is 18.3. The lowest BCUT2D eigenvalue weighted by Crippen LogP contribution is -2.40. The molecule has 0 saturated carbocycles. The second-order valence-corrected chi connectivity index (χ2v) is 30.9. The van der Waals surface area contributed by atoms with Gasteiger partial charge in [-0.1, -0.05) is 0 Å². The van der Waals surface area contributed by atoms with Crippen molar-refractivity contribution in [1.82, 2.24) is 0 Å². The van der Waals surface area contributed by atoms with E-state index in [-0.39, 0.29) is 88.9 Å². The Morgan fingerprint density at radius 2 is 0.488 bits per heavy atom. The highest BCUT2D eigenvalue weighted by molar-refractivity contribution is 5.98. The van der Waals surface area contributed by atoms with Gasteiger partial charge in [-0.05, 0) is 181 Å². The van der Waals surface area contributed by atoms with Crippen molar-refractivity contribution in [2.24, 2.45) is 0 Å². The van der Waals surface area contributed by atoms with E-state index >= 15 is 0 Å². The van der Waals surface area contributed by atoms with Crippen molar-refractivity contribution in [3.05, 3.63) is 246 Å². The molecule has 9 N–H and O–H groups in total. The third-order valence-electron chi connectivity index (χ3n) is 24.4. The van der Waals surface area contributed by atoms with Crippen molar-refractivity contribution in [2.45, 2.75) is 85.6 Å². The Balaban J connectivity index is 0.000000155. The van der Waals surface area contributed by atoms with Gasteiger partial charge in [-0.15, -0.1) is 0 Å². The zero-order chi connectivity index (χ0) is 87.5. The second-order valence-electron chi connectivity index (χ2n) is 30.9. The van der Waals surface area contributed by atoms with Crippen molar-refractivity contribution in [1.29, 1.82) is 0 Å². The Bertz CT molecular complexity index is 6870. The summed E-state index contributed by atoms with van der Waals surface area (Å²) in [5.74, 6) is 7.11. The number of aromatic hydroxyl groups is 9. The molecule has 0 fully saturated rings. The maximum Gasteiger partial charge on any atom is 0.216 e. The number of aromatic nitrogens is 5. The molecular weight excluding hydrogens is 1640 g/mol. The van der Waals surface area contributed by atoms with E-state index < -0.39 is 0 Å². The average Bonchev–Trinajstić information content (AvgIpc) is 0.747. The minimum Gasteiger partial charge on any atom is -0.504 e. The molecule has 0 spiro atoms. The largest absolute Gasteiger partial charge is 0.504 e. The zero-order valence-electron chi connectivity index (χ0n) is 76.4. The van der Waals surface area contributed by atoms with Crippen molar-refractivity contribution in [3.63, 3.8) is 0 Å². The molecule has 5 aromatic heterocycles. The predicted molar refractivity (Wildman–Crippen MR) is 500 cm³/mol. The first-order valence-electron chi connectivity index (χ1n) is 40.4. The molecule has 5 aliphatic rings. The molecule has 0 unspecified atom stereocenters. The lowest BCUT2D eigenvalue weighted by atomic mass is 9.91. The van der Waals surface area contributed by atoms with Crippen LogP contribution in [0.1, 0.15) is 44.5 Å². The molecule has 0 atom stereocenters. The minimum absolute atomic E-state index is 0. The number of methoxy groups -OCH3 is 11. The second kappa shape index (κ2) is 38.6. The number of ether oxygens (including phenoxy) is 11. The van der Waals surface area contributed by atoms with Crippen LogP contribution in [0.25, 0.3) is 110 Å². The summed E-state index contributed by atoms with van der Waals surface area (Å²) in [4.78, 5) is 0. The molecule has 15 aromatic rings. The van der Waals surface area contributed by atoms with Crippen LogP contribution in [0.15, 0.2) is 164 Å². The standard InChI is InChI=1S/2C21H21NO4.C20H19NO4.C19H17NO4.C18H15NO4.5CH3/c1-12-14-5-6-18(24-2)21(26-4)16(14)11-22-8-7-13-9-19(25-3)17(23)10-15(13)20(12)22;1-12-14-5-6-18(24-2)21(26-4)16(14)11-22-8-7-13-9-17(23)19(25-3)10-15(13)20(12)22;1-23-18-5-4-12-8-16-14-10-19(24-2)17(22)9-13(14)6-7-21(16)11-15(12)20(18)25-3;1-10-12-3-4-17(24-2)19(23)14(12)9-20-6-5-11-7-15(21)16(22)8-13(11)18(10)20;1-23-17-3-2-10-6-14-12-8-16(21)15(20)7-11(12)4-5-19(14)9-13(10)18(17)22;;;;;/h2*5-6,9-11H,7-8H2,1-4H3;4-5,8-11H,6-7H2,1-3H3;3-4,7-9H,5-6H2,1-2H3,(H2,21,22,23);2-3,6-9H,4-5H2,1H3,(H2,20,21,22);5*1H3/q;;;;;5*-1/p+5. The normalized spacial score (nSPS) is 12.1. The molecule has 10 heterocycles. The highest BCUT2D eigenvalue weighted by Crippen LogP contribution is 2.49. The number of hydrogen-bond acceptors (Lipinski definition) is 20. The predicted octanol–water partition coefficient (Wildman–Crippen LogP) is 17.4. The van der Waals surface area contributed by atoms with Gasteiger partial charge >= 0.3 is 0 Å². The number of hydrogen-bond donors (Lipinski definition) is 9. The Labute approximate surface area is 752 Å². The van der Waals surface area contributed by atoms with Gasteiger partial charge in [-0.2, -0.15) is 22.8 Å². The minimum atomic E-state index is -0.130. The molecule has 25 heteroatoms. The van der Waals surface area contributed by atoms with Gasteiger partial charge in [0.05, 0.1) is 133 Å². The van der Waals surface area contributed by atoms with Gasteiger partial charge in [0.25, 0.3) is 0 Å². The van der Waals surface area contributed by atoms with Crippen molar-refractivity contribution in [3.8, 4) is 171 Å². The number of nitrogens with zero attached hydrogens (tertiary/aromatic N) is 5. The summed E-state index contributed by atoms with van der Waals surface area (Å²) in [6, 6.07) is 41.0. The number of rotatable bonds is 11. The molecule has 0 amide bonds. The molecule has 0 radical (unpaired) electrons. The van der Waals surface area contributed by atoms with Crippen LogP contribution in [-0.4, -0.2) is 124 Å². The smallest absolute Gasteiger partial charge is 0.216 e. The first-order chi connectivity index (χ1) is 59.9. The van der Waals surface area contributed by atoms with E-state index in [0.29, 0.717) is 28.7 Å². The monoisotopic (exact) mass is 1750 g/mol. The molecule has 0 saturated heterocycles. The van der Waals surface area contributed by atoms with E-state index in [9.17, 15) is 46.0 Å². The average molecular weight is 1750 g/mol. The van der Waals surface area contributed by atoms with Crippen LogP contribution in [-0.2, 0) is 64.8 Å². The molecule has 0 bridgehead atoms. The van der Waals surface area contributed by atoms with Crippen LogP contribution in [0.5, 0.6) is 115 Å². The summed E-state index contributed by atoms with van der Waals surface area (Å²) in [5, 5.41) is 100.0. The van der Waals surface area contributed by atoms with Gasteiger partial charge in [0.15, 0.2) is 179 Å². The molecule has 129 heavy (non-hydrogen) atoms. The highest BCUT2D eigenvalue weighted by Gasteiger charge is 2.36. The number of pyridine rings is 5. The number of phenolic OH excluding ortho intramolecular Hbond substituents is 9. The molecular formula is C104H113N5O20. The van der Waals surface area contributed by atoms with Crippen LogP contribution < -0.4 is 74.9 Å². The van der Waals surface area contributed by atoms with Crippen molar-refractivity contribution < 1.29 is 121 Å². The van der Waals surface area contributed by atoms with Crippen molar-refractivity contribution in [2.75, 3.05) is 78.2 Å². The van der Waals surface area contributed by atoms with Crippen LogP contribution in [0, 0.1) is 57.9 Å². The Hall–Kier alpha value is -14.8. The fourth-order valence-electron chi connectivity index (χ4n) is 18.3. The molecule has 0 aliphatic carbocycles. The van der Waals surface area contributed by atoms with Gasteiger partial charge in [0.2, 0.25) is 28.5 Å². The van der Waals surface area contributed by atoms with Gasteiger partial charge in [-0.3, -0.25) is 0 Å². The first kappa shape index (κ1) is 94.9. The number of aryl methyl sites for hydroxylation is 13. The van der Waals surface area contributed by atoms with Crippen LogP contribution in [0.4, 0.5) is 0 Å². The lowest BCUT2D eigenvalue weighted by molar-refractivity contribution is -0.686. The summed E-state index contributed by atoms with van der Waals surface area (Å²) in [6.45, 7) is 10.2. The summed E-state index contributed by atoms with van der Waals surface area (Å²) in [6.07, 6.45) is 14.2. The summed E-state index contributed by atoms with van der Waals surface area (Å²) in [7, 11) is 17.7. The summed E-state index contributed by atoms with van der Waals surface area (Å²) >= 11 is 0. The van der Waals surface area contributed by atoms with E-state index in [4.69, 9.17) is 52.1 Å². The molecule has 5 aliphatic heterocycles. The fraction of sp³-hybridized carbons (Fsp3) is 0.231. The third kappa shape index (κ3) is 16.8. The van der Waals surface area contributed by atoms with E-state index in [2.05, 4.69) is 68.9 Å². The Morgan fingerprint density at radius 3 is 0.907 bits per heavy atom. The highest BCUT2D eigenvalue weighted by atomic mass is 16.5. The molecule has 25 nitrogen and oxygen atoms in total. The lowest BCUT2D eigenvalue weighted by Gasteiger charge is -2.20. The number of phenols is 9. The van der Waals surface area contributed by atoms with Crippen molar-refractivity contribution >= 4 is 53.9 Å². The van der Waals surface area contributed by atoms with Gasteiger partial charge < -0.3 is 135 Å². The maximum atomic E-state index is 10.4. The van der Waals surface area contributed by atoms with E-state index in [0.717, 1.165) is 248 Å². The van der Waals surface area contributed by atoms with Gasteiger partial charge in [-0.25, -0.2) is 0 Å². The van der Waals surface area contributed by atoms with E-state index in [1.807, 2.05) is 90.6 Å². The number of fused-ring (bicyclic) bond motifs is 20. The Kier molecular flexibility index (Phi) is 28.4. The maximum absolute atomic E-state index is 10.4. The van der Waals surface area contributed by atoms with E-state index in [1.165, 1.54) is 19.8 Å². The first-order valence-corrected chi connectivity index (χ1v) is 40.4. The topological polar surface area (TPSA) is 303 Å².